The summed E-state index contributed by atoms with van der Waals surface area (Å²) in [6.45, 7) is 1.67. The van der Waals surface area contributed by atoms with Gasteiger partial charge in [-0.25, -0.2) is 0 Å². The number of fused-ring (bicyclic) bond motifs is 1. The molecule has 2 aromatic rings. The van der Waals surface area contributed by atoms with Crippen LogP contribution < -0.4 is 15.6 Å². The zero-order valence-corrected chi connectivity index (χ0v) is 14.7. The van der Waals surface area contributed by atoms with Gasteiger partial charge in [0.05, 0.1) is 9.90 Å². The number of aryl methyl sites for hydroxylation is 3. The molecule has 7 heteroatoms. The molecule has 2 amide bonds. The number of nitrogens with one attached hydrogen (secondary N) is 2. The molecule has 0 spiro atoms. The number of rotatable bonds is 4. The Balaban J connectivity index is 1.48. The van der Waals surface area contributed by atoms with E-state index in [1.807, 2.05) is 19.1 Å². The van der Waals surface area contributed by atoms with Crippen LogP contribution in [0.25, 0.3) is 0 Å². The van der Waals surface area contributed by atoms with Gasteiger partial charge < -0.3 is 4.74 Å². The Morgan fingerprint density at radius 1 is 1.25 bits per heavy atom. The molecular weight excluding hydrogens is 348 g/mol. The van der Waals surface area contributed by atoms with E-state index in [1.54, 1.807) is 12.1 Å². The van der Waals surface area contributed by atoms with Crippen molar-refractivity contribution in [1.29, 1.82) is 0 Å². The van der Waals surface area contributed by atoms with E-state index in [1.165, 1.54) is 21.8 Å². The van der Waals surface area contributed by atoms with Gasteiger partial charge in [-0.2, -0.15) is 0 Å². The number of carbonyl (C=O) groups is 2. The van der Waals surface area contributed by atoms with Crippen LogP contribution in [0, 0.1) is 6.92 Å². The first kappa shape index (κ1) is 16.8. The maximum Gasteiger partial charge on any atom is 0.279 e. The van der Waals surface area contributed by atoms with Gasteiger partial charge in [0.15, 0.2) is 6.61 Å². The van der Waals surface area contributed by atoms with Gasteiger partial charge in [0.1, 0.15) is 5.75 Å². The Kier molecular flexibility index (Phi) is 5.06. The van der Waals surface area contributed by atoms with E-state index in [9.17, 15) is 9.59 Å². The van der Waals surface area contributed by atoms with E-state index in [2.05, 4.69) is 10.9 Å². The van der Waals surface area contributed by atoms with E-state index < -0.39 is 5.91 Å². The summed E-state index contributed by atoms with van der Waals surface area (Å²) in [6, 6.07) is 7.22. The molecule has 1 aromatic carbocycles. The molecule has 0 fully saturated rings. The number of carbonyl (C=O) groups excluding carboxylic acids is 2. The summed E-state index contributed by atoms with van der Waals surface area (Å²) in [5.74, 6) is -0.325. The first-order valence-corrected chi connectivity index (χ1v) is 8.82. The highest BCUT2D eigenvalue weighted by Gasteiger charge is 2.18. The lowest BCUT2D eigenvalue weighted by Gasteiger charge is -2.10. The molecule has 0 saturated carbocycles. The Bertz CT molecular complexity index is 767. The highest BCUT2D eigenvalue weighted by molar-refractivity contribution is 7.14. The van der Waals surface area contributed by atoms with Crippen LogP contribution in [0.3, 0.4) is 0 Å². The summed E-state index contributed by atoms with van der Waals surface area (Å²) in [5.41, 5.74) is 6.98. The topological polar surface area (TPSA) is 67.4 Å². The largest absolute Gasteiger partial charge is 0.482 e. The Labute approximate surface area is 148 Å². The summed E-state index contributed by atoms with van der Waals surface area (Å²) < 4.78 is 5.37. The van der Waals surface area contributed by atoms with Gasteiger partial charge in [-0.05, 0) is 55.5 Å². The summed E-state index contributed by atoms with van der Waals surface area (Å²) in [4.78, 5) is 25.7. The third kappa shape index (κ3) is 3.88. The van der Waals surface area contributed by atoms with Gasteiger partial charge >= 0.3 is 0 Å². The number of ether oxygens (including phenoxy) is 1. The molecule has 0 aliphatic heterocycles. The summed E-state index contributed by atoms with van der Waals surface area (Å²) in [5, 5.41) is 0.436. The van der Waals surface area contributed by atoms with Crippen LogP contribution in [0.4, 0.5) is 0 Å². The summed E-state index contributed by atoms with van der Waals surface area (Å²) in [7, 11) is 0. The Morgan fingerprint density at radius 3 is 2.88 bits per heavy atom. The van der Waals surface area contributed by atoms with Crippen LogP contribution in [0.5, 0.6) is 5.75 Å². The van der Waals surface area contributed by atoms with E-state index in [0.29, 0.717) is 15.6 Å². The minimum atomic E-state index is -0.454. The minimum Gasteiger partial charge on any atom is -0.482 e. The number of thiophene rings is 1. The highest BCUT2D eigenvalue weighted by Crippen LogP contribution is 2.30. The SMILES string of the molecule is Cc1ccc(Cl)c(OCC(=O)NNC(=O)c2cc3c(s2)CCC3)c1. The molecule has 0 saturated heterocycles. The minimum absolute atomic E-state index is 0.232. The van der Waals surface area contributed by atoms with Gasteiger partial charge in [0, 0.05) is 4.88 Å². The smallest absolute Gasteiger partial charge is 0.279 e. The second kappa shape index (κ2) is 7.23. The third-order valence-corrected chi connectivity index (χ3v) is 5.28. The second-order valence-electron chi connectivity index (χ2n) is 5.64. The van der Waals surface area contributed by atoms with Crippen molar-refractivity contribution in [3.8, 4) is 5.75 Å². The number of hydrazine groups is 1. The van der Waals surface area contributed by atoms with Gasteiger partial charge in [-0.15, -0.1) is 11.3 Å². The Morgan fingerprint density at radius 2 is 2.08 bits per heavy atom. The maximum atomic E-state index is 12.1. The lowest BCUT2D eigenvalue weighted by Crippen LogP contribution is -2.43. The first-order valence-electron chi connectivity index (χ1n) is 7.62. The second-order valence-corrected chi connectivity index (χ2v) is 7.18. The van der Waals surface area contributed by atoms with Crippen LogP contribution in [0.2, 0.25) is 5.02 Å². The molecule has 0 bridgehead atoms. The van der Waals surface area contributed by atoms with Crippen LogP contribution in [0.15, 0.2) is 24.3 Å². The molecule has 3 rings (SSSR count). The van der Waals surface area contributed by atoms with Crippen molar-refractivity contribution in [2.24, 2.45) is 0 Å². The molecule has 0 radical (unpaired) electrons. The predicted octanol–water partition coefficient (Wildman–Crippen LogP) is 3.04. The van der Waals surface area contributed by atoms with Gasteiger partial charge in [0.2, 0.25) is 0 Å². The number of hydrogen-bond donors (Lipinski definition) is 2. The van der Waals surface area contributed by atoms with E-state index in [-0.39, 0.29) is 12.5 Å². The molecule has 1 heterocycles. The van der Waals surface area contributed by atoms with Gasteiger partial charge in [0.25, 0.3) is 11.8 Å². The highest BCUT2D eigenvalue weighted by atomic mass is 35.5. The van der Waals surface area contributed by atoms with Crippen LogP contribution in [-0.2, 0) is 17.6 Å². The molecule has 0 atom stereocenters. The van der Waals surface area contributed by atoms with Crippen molar-refractivity contribution in [2.75, 3.05) is 6.61 Å². The molecular formula is C17H17ClN2O3S. The van der Waals surface area contributed by atoms with E-state index in [4.69, 9.17) is 16.3 Å². The van der Waals surface area contributed by atoms with Crippen molar-refractivity contribution in [3.05, 3.63) is 50.2 Å². The van der Waals surface area contributed by atoms with Crippen LogP contribution >= 0.6 is 22.9 Å². The zero-order chi connectivity index (χ0) is 17.1. The average molecular weight is 365 g/mol. The monoisotopic (exact) mass is 364 g/mol. The fourth-order valence-corrected chi connectivity index (χ4v) is 3.85. The van der Waals surface area contributed by atoms with Crippen molar-refractivity contribution < 1.29 is 14.3 Å². The summed E-state index contributed by atoms with van der Waals surface area (Å²) in [6.07, 6.45) is 3.21. The quantitative estimate of drug-likeness (QED) is 0.819. The molecule has 1 aliphatic carbocycles. The number of hydrogen-bond acceptors (Lipinski definition) is 4. The number of benzene rings is 1. The molecule has 2 N–H and O–H groups in total. The average Bonchev–Trinajstić information content (AvgIpc) is 3.15. The normalized spacial score (nSPS) is 12.6. The molecule has 1 aromatic heterocycles. The fraction of sp³-hybridized carbons (Fsp3) is 0.294. The number of halogens is 1. The molecule has 5 nitrogen and oxygen atoms in total. The maximum absolute atomic E-state index is 12.1. The molecule has 24 heavy (non-hydrogen) atoms. The van der Waals surface area contributed by atoms with Crippen molar-refractivity contribution in [2.45, 2.75) is 26.2 Å². The third-order valence-electron chi connectivity index (χ3n) is 3.73. The number of amides is 2. The lowest BCUT2D eigenvalue weighted by atomic mass is 10.2. The van der Waals surface area contributed by atoms with Crippen molar-refractivity contribution in [1.82, 2.24) is 10.9 Å². The Hall–Kier alpha value is -2.05. The van der Waals surface area contributed by atoms with Crippen molar-refractivity contribution >= 4 is 34.8 Å². The van der Waals surface area contributed by atoms with Crippen LogP contribution in [0.1, 0.15) is 32.1 Å². The van der Waals surface area contributed by atoms with E-state index in [0.717, 1.165) is 24.8 Å². The van der Waals surface area contributed by atoms with Crippen molar-refractivity contribution in [3.63, 3.8) is 0 Å². The van der Waals surface area contributed by atoms with Crippen LogP contribution in [-0.4, -0.2) is 18.4 Å². The zero-order valence-electron chi connectivity index (χ0n) is 13.1. The fourth-order valence-electron chi connectivity index (χ4n) is 2.53. The van der Waals surface area contributed by atoms with Gasteiger partial charge in [-0.1, -0.05) is 17.7 Å². The molecule has 1 aliphatic rings. The van der Waals surface area contributed by atoms with Gasteiger partial charge in [-0.3, -0.25) is 20.4 Å². The van der Waals surface area contributed by atoms with E-state index >= 15 is 0 Å². The predicted molar refractivity (Wildman–Crippen MR) is 93.6 cm³/mol. The standard InChI is InChI=1S/C17H17ClN2O3S/c1-10-5-6-12(18)13(7-10)23-9-16(21)19-20-17(22)15-8-11-3-2-4-14(11)24-15/h5-8H,2-4,9H2,1H3,(H,19,21)(H,20,22). The summed E-state index contributed by atoms with van der Waals surface area (Å²) >= 11 is 7.48. The molecule has 0 unspecified atom stereocenters. The molecule has 126 valence electrons. The first-order chi connectivity index (χ1) is 11.5. The lowest BCUT2D eigenvalue weighted by molar-refractivity contribution is -0.123.